The Morgan fingerprint density at radius 3 is 2.74 bits per heavy atom. The number of nitrogens with one attached hydrogen (secondary N) is 2. The summed E-state index contributed by atoms with van der Waals surface area (Å²) in [6.07, 6.45) is 4.26. The minimum absolute atomic E-state index is 0.206. The van der Waals surface area contributed by atoms with Crippen molar-refractivity contribution in [1.82, 2.24) is 25.1 Å². The topological polar surface area (TPSA) is 112 Å². The number of hydrogen-bond donors (Lipinski definition) is 3. The average molecular weight is 482 g/mol. The molecule has 2 aromatic heterocycles. The Labute approximate surface area is 207 Å². The fourth-order valence-corrected chi connectivity index (χ4v) is 4.49. The number of unbranched alkanes of at least 4 members (excludes halogenated alkanes) is 1. The van der Waals surface area contributed by atoms with Gasteiger partial charge in [-0.3, -0.25) is 4.68 Å². The average Bonchev–Trinajstić information content (AvgIpc) is 3.22. The van der Waals surface area contributed by atoms with Gasteiger partial charge in [0, 0.05) is 37.9 Å². The quantitative estimate of drug-likeness (QED) is 0.351. The van der Waals surface area contributed by atoms with E-state index in [-0.39, 0.29) is 11.9 Å². The van der Waals surface area contributed by atoms with Crippen molar-refractivity contribution in [3.8, 4) is 5.75 Å². The SMILES string of the molecule is CCCCNc1nc(N)nc2c(C(C)C)nn(Cc3ccc(CNC4CCOCC4)cc3OC)c12. The summed E-state index contributed by atoms with van der Waals surface area (Å²) in [6.45, 7) is 10.3. The summed E-state index contributed by atoms with van der Waals surface area (Å²) >= 11 is 0. The predicted molar refractivity (Wildman–Crippen MR) is 140 cm³/mol. The van der Waals surface area contributed by atoms with Crippen molar-refractivity contribution < 1.29 is 9.47 Å². The van der Waals surface area contributed by atoms with Gasteiger partial charge >= 0.3 is 0 Å². The van der Waals surface area contributed by atoms with E-state index in [4.69, 9.17) is 20.3 Å². The number of ether oxygens (including phenoxy) is 2. The first-order valence-electron chi connectivity index (χ1n) is 12.7. The van der Waals surface area contributed by atoms with E-state index >= 15 is 0 Å². The number of anilines is 2. The summed E-state index contributed by atoms with van der Waals surface area (Å²) in [7, 11) is 1.72. The molecule has 9 heteroatoms. The summed E-state index contributed by atoms with van der Waals surface area (Å²) in [5, 5.41) is 12.0. The number of benzene rings is 1. The van der Waals surface area contributed by atoms with Crippen LogP contribution in [0, 0.1) is 0 Å². The van der Waals surface area contributed by atoms with Gasteiger partial charge in [-0.1, -0.05) is 39.3 Å². The van der Waals surface area contributed by atoms with Gasteiger partial charge in [-0.25, -0.2) is 4.98 Å². The molecule has 35 heavy (non-hydrogen) atoms. The van der Waals surface area contributed by atoms with Crippen molar-refractivity contribution in [1.29, 1.82) is 0 Å². The molecule has 0 amide bonds. The van der Waals surface area contributed by atoms with Crippen LogP contribution in [0.5, 0.6) is 5.75 Å². The van der Waals surface area contributed by atoms with E-state index in [1.807, 2.05) is 4.68 Å². The summed E-state index contributed by atoms with van der Waals surface area (Å²) in [6, 6.07) is 6.91. The lowest BCUT2D eigenvalue weighted by Crippen LogP contribution is -2.34. The highest BCUT2D eigenvalue weighted by atomic mass is 16.5. The summed E-state index contributed by atoms with van der Waals surface area (Å²) in [4.78, 5) is 9.09. The third-order valence-electron chi connectivity index (χ3n) is 6.49. The van der Waals surface area contributed by atoms with E-state index in [1.54, 1.807) is 7.11 Å². The highest BCUT2D eigenvalue weighted by Crippen LogP contribution is 2.30. The van der Waals surface area contributed by atoms with Crippen molar-refractivity contribution in [2.45, 2.75) is 71.5 Å². The molecule has 1 fully saturated rings. The standard InChI is InChI=1S/C26H39N7O2/c1-5-6-11-28-25-24-23(30-26(27)31-25)22(17(2)3)32-33(24)16-19-8-7-18(14-21(19)34-4)15-29-20-9-12-35-13-10-20/h7-8,14,17,20,29H,5-6,9-13,15-16H2,1-4H3,(H3,27,28,30,31). The van der Waals surface area contributed by atoms with Gasteiger partial charge in [0.1, 0.15) is 16.8 Å². The van der Waals surface area contributed by atoms with Crippen molar-refractivity contribution >= 4 is 22.8 Å². The van der Waals surface area contributed by atoms with E-state index in [0.29, 0.717) is 12.6 Å². The van der Waals surface area contributed by atoms with E-state index in [1.165, 1.54) is 5.56 Å². The normalized spacial score (nSPS) is 14.7. The minimum Gasteiger partial charge on any atom is -0.496 e. The Kier molecular flexibility index (Phi) is 8.41. The highest BCUT2D eigenvalue weighted by Gasteiger charge is 2.21. The van der Waals surface area contributed by atoms with Crippen LogP contribution in [0.25, 0.3) is 11.0 Å². The molecular formula is C26H39N7O2. The molecule has 4 N–H and O–H groups in total. The number of nitrogen functional groups attached to an aromatic ring is 1. The van der Waals surface area contributed by atoms with Crippen LogP contribution in [-0.4, -0.2) is 52.7 Å². The molecule has 0 unspecified atom stereocenters. The largest absolute Gasteiger partial charge is 0.496 e. The van der Waals surface area contributed by atoms with E-state index in [0.717, 1.165) is 85.8 Å². The summed E-state index contributed by atoms with van der Waals surface area (Å²) in [5.74, 6) is 2.05. The van der Waals surface area contributed by atoms with Crippen molar-refractivity contribution in [3.05, 3.63) is 35.0 Å². The minimum atomic E-state index is 0.206. The zero-order valence-corrected chi connectivity index (χ0v) is 21.4. The van der Waals surface area contributed by atoms with Crippen molar-refractivity contribution in [2.75, 3.05) is 37.9 Å². The van der Waals surface area contributed by atoms with Gasteiger partial charge in [0.15, 0.2) is 5.82 Å². The van der Waals surface area contributed by atoms with Gasteiger partial charge in [0.2, 0.25) is 5.95 Å². The number of fused-ring (bicyclic) bond motifs is 1. The Morgan fingerprint density at radius 2 is 2.03 bits per heavy atom. The maximum atomic E-state index is 6.07. The Bertz CT molecular complexity index is 1120. The number of nitrogens with two attached hydrogens (primary N) is 1. The molecule has 1 saturated heterocycles. The molecule has 0 spiro atoms. The smallest absolute Gasteiger partial charge is 0.222 e. The monoisotopic (exact) mass is 481 g/mol. The number of nitrogens with zero attached hydrogens (tertiary/aromatic N) is 4. The number of hydrogen-bond acceptors (Lipinski definition) is 8. The summed E-state index contributed by atoms with van der Waals surface area (Å²) in [5.41, 5.74) is 10.9. The molecule has 4 rings (SSSR count). The molecule has 0 saturated carbocycles. The van der Waals surface area contributed by atoms with Crippen LogP contribution >= 0.6 is 0 Å². The molecule has 0 bridgehead atoms. The fraction of sp³-hybridized carbons (Fsp3) is 0.577. The van der Waals surface area contributed by atoms with Crippen LogP contribution in [-0.2, 0) is 17.8 Å². The van der Waals surface area contributed by atoms with Crippen molar-refractivity contribution in [2.24, 2.45) is 0 Å². The van der Waals surface area contributed by atoms with Crippen LogP contribution in [0.3, 0.4) is 0 Å². The molecule has 1 aliphatic rings. The van der Waals surface area contributed by atoms with E-state index < -0.39 is 0 Å². The van der Waals surface area contributed by atoms with Crippen LogP contribution in [0.4, 0.5) is 11.8 Å². The molecule has 190 valence electrons. The maximum absolute atomic E-state index is 6.07. The first kappa shape index (κ1) is 25.2. The van der Waals surface area contributed by atoms with Crippen LogP contribution in [0.1, 0.15) is 69.2 Å². The zero-order valence-electron chi connectivity index (χ0n) is 21.4. The second-order valence-electron chi connectivity index (χ2n) is 9.52. The number of rotatable bonds is 11. The van der Waals surface area contributed by atoms with Crippen molar-refractivity contribution in [3.63, 3.8) is 0 Å². The molecule has 1 aliphatic heterocycles. The lowest BCUT2D eigenvalue weighted by Gasteiger charge is -2.23. The van der Waals surface area contributed by atoms with Crippen LogP contribution < -0.4 is 21.1 Å². The molecular weight excluding hydrogens is 442 g/mol. The second kappa shape index (κ2) is 11.7. The number of methoxy groups -OCH3 is 1. The molecule has 3 aromatic rings. The Hall–Kier alpha value is -2.91. The van der Waals surface area contributed by atoms with Gasteiger partial charge in [0.05, 0.1) is 19.3 Å². The van der Waals surface area contributed by atoms with Gasteiger partial charge in [-0.2, -0.15) is 10.1 Å². The molecule has 9 nitrogen and oxygen atoms in total. The van der Waals surface area contributed by atoms with Gasteiger partial charge in [-0.05, 0) is 36.8 Å². The third-order valence-corrected chi connectivity index (χ3v) is 6.49. The fourth-order valence-electron chi connectivity index (χ4n) is 4.49. The van der Waals surface area contributed by atoms with Gasteiger partial charge in [0.25, 0.3) is 0 Å². The second-order valence-corrected chi connectivity index (χ2v) is 9.52. The van der Waals surface area contributed by atoms with Gasteiger partial charge in [-0.15, -0.1) is 0 Å². The highest BCUT2D eigenvalue weighted by molar-refractivity contribution is 5.89. The van der Waals surface area contributed by atoms with E-state index in [2.05, 4.69) is 59.6 Å². The van der Waals surface area contributed by atoms with Gasteiger partial charge < -0.3 is 25.8 Å². The zero-order chi connectivity index (χ0) is 24.8. The lowest BCUT2D eigenvalue weighted by atomic mass is 10.1. The van der Waals surface area contributed by atoms with Crippen LogP contribution in [0.2, 0.25) is 0 Å². The first-order chi connectivity index (χ1) is 17.0. The molecule has 0 radical (unpaired) electrons. The first-order valence-corrected chi connectivity index (χ1v) is 12.7. The molecule has 1 aromatic carbocycles. The van der Waals surface area contributed by atoms with E-state index in [9.17, 15) is 0 Å². The number of aromatic nitrogens is 4. The van der Waals surface area contributed by atoms with Crippen LogP contribution in [0.15, 0.2) is 18.2 Å². The molecule has 0 atom stereocenters. The molecule has 0 aliphatic carbocycles. The maximum Gasteiger partial charge on any atom is 0.222 e. The third kappa shape index (κ3) is 6.02. The Balaban J connectivity index is 1.62. The lowest BCUT2D eigenvalue weighted by molar-refractivity contribution is 0.0776. The molecule has 3 heterocycles. The predicted octanol–water partition coefficient (Wildman–Crippen LogP) is 4.07. The summed E-state index contributed by atoms with van der Waals surface area (Å²) < 4.78 is 13.2. The Morgan fingerprint density at radius 1 is 1.23 bits per heavy atom.